The maximum absolute atomic E-state index is 13.4. The lowest BCUT2D eigenvalue weighted by Crippen LogP contribution is -2.48. The number of ether oxygens (including phenoxy) is 1. The third kappa shape index (κ3) is 4.98. The fourth-order valence-corrected chi connectivity index (χ4v) is 4.57. The maximum atomic E-state index is 13.4. The van der Waals surface area contributed by atoms with Crippen LogP contribution in [0.3, 0.4) is 0 Å². The number of benzene rings is 2. The Balaban J connectivity index is 1.61. The minimum absolute atomic E-state index is 0.111. The minimum atomic E-state index is -3.68. The zero-order valence-corrected chi connectivity index (χ0v) is 16.8. The van der Waals surface area contributed by atoms with Crippen LogP contribution in [0, 0.1) is 11.6 Å². The molecule has 0 radical (unpaired) electrons. The topological polar surface area (TPSA) is 66.9 Å². The minimum Gasteiger partial charge on any atom is -0.462 e. The molecule has 1 saturated heterocycles. The van der Waals surface area contributed by atoms with E-state index in [1.165, 1.54) is 34.6 Å². The van der Waals surface area contributed by atoms with Gasteiger partial charge in [-0.25, -0.2) is 22.0 Å². The summed E-state index contributed by atoms with van der Waals surface area (Å²) < 4.78 is 58.4. The summed E-state index contributed by atoms with van der Waals surface area (Å²) >= 11 is 0. The molecule has 2 aromatic rings. The van der Waals surface area contributed by atoms with E-state index in [1.54, 1.807) is 6.92 Å². The van der Waals surface area contributed by atoms with E-state index in [0.29, 0.717) is 30.8 Å². The molecule has 29 heavy (non-hydrogen) atoms. The van der Waals surface area contributed by atoms with Crippen molar-refractivity contribution in [3.8, 4) is 0 Å². The van der Waals surface area contributed by atoms with Gasteiger partial charge in [-0.2, -0.15) is 4.31 Å². The lowest BCUT2D eigenvalue weighted by Gasteiger charge is -2.34. The van der Waals surface area contributed by atoms with Gasteiger partial charge in [-0.1, -0.05) is 6.07 Å². The highest BCUT2D eigenvalue weighted by molar-refractivity contribution is 7.89. The second-order valence-corrected chi connectivity index (χ2v) is 8.61. The number of sulfonamides is 1. The second kappa shape index (κ2) is 8.98. The van der Waals surface area contributed by atoms with Crippen molar-refractivity contribution in [2.24, 2.45) is 0 Å². The van der Waals surface area contributed by atoms with Crippen LogP contribution in [0.1, 0.15) is 22.8 Å². The predicted molar refractivity (Wildman–Crippen MR) is 103 cm³/mol. The van der Waals surface area contributed by atoms with Crippen LogP contribution in [-0.2, 0) is 21.3 Å². The summed E-state index contributed by atoms with van der Waals surface area (Å²) in [5.41, 5.74) is 0.928. The summed E-state index contributed by atoms with van der Waals surface area (Å²) in [7, 11) is -3.68. The molecule has 0 atom stereocenters. The van der Waals surface area contributed by atoms with E-state index in [0.717, 1.165) is 12.1 Å². The molecule has 2 aromatic carbocycles. The quantitative estimate of drug-likeness (QED) is 0.667. The van der Waals surface area contributed by atoms with Gasteiger partial charge in [0.25, 0.3) is 0 Å². The van der Waals surface area contributed by atoms with Crippen molar-refractivity contribution >= 4 is 16.0 Å². The van der Waals surface area contributed by atoms with Crippen LogP contribution < -0.4 is 0 Å². The Hall–Kier alpha value is -2.36. The highest BCUT2D eigenvalue weighted by Crippen LogP contribution is 2.20. The fraction of sp³-hybridized carbons (Fsp3) is 0.350. The normalized spacial score (nSPS) is 16.0. The maximum Gasteiger partial charge on any atom is 0.338 e. The molecule has 1 aliphatic heterocycles. The third-order valence-electron chi connectivity index (χ3n) is 4.72. The molecule has 0 saturated carbocycles. The van der Waals surface area contributed by atoms with Crippen molar-refractivity contribution < 1.29 is 26.7 Å². The van der Waals surface area contributed by atoms with Gasteiger partial charge in [-0.05, 0) is 48.9 Å². The molecule has 0 amide bonds. The first-order valence-electron chi connectivity index (χ1n) is 9.25. The van der Waals surface area contributed by atoms with Crippen LogP contribution in [0.5, 0.6) is 0 Å². The zero-order chi connectivity index (χ0) is 21.0. The molecule has 0 aromatic heterocycles. The third-order valence-corrected chi connectivity index (χ3v) is 6.64. The van der Waals surface area contributed by atoms with Gasteiger partial charge in [0.2, 0.25) is 10.0 Å². The number of piperazine rings is 1. The number of hydrogen-bond donors (Lipinski definition) is 0. The highest BCUT2D eigenvalue weighted by atomic mass is 32.2. The monoisotopic (exact) mass is 424 g/mol. The van der Waals surface area contributed by atoms with Gasteiger partial charge in [0, 0.05) is 32.7 Å². The molecule has 0 unspecified atom stereocenters. The number of carbonyl (C=O) groups is 1. The summed E-state index contributed by atoms with van der Waals surface area (Å²) in [4.78, 5) is 13.8. The molecular formula is C20H22F2N2O4S. The Labute approximate surface area is 168 Å². The van der Waals surface area contributed by atoms with Gasteiger partial charge < -0.3 is 4.74 Å². The number of rotatable bonds is 6. The van der Waals surface area contributed by atoms with Crippen molar-refractivity contribution in [2.75, 3.05) is 32.8 Å². The van der Waals surface area contributed by atoms with E-state index >= 15 is 0 Å². The average molecular weight is 424 g/mol. The summed E-state index contributed by atoms with van der Waals surface area (Å²) in [6.45, 7) is 3.87. The molecule has 0 spiro atoms. The Morgan fingerprint density at radius 1 is 1.00 bits per heavy atom. The second-order valence-electron chi connectivity index (χ2n) is 6.67. The Kier molecular flexibility index (Phi) is 6.61. The van der Waals surface area contributed by atoms with Crippen LogP contribution >= 0.6 is 0 Å². The molecule has 6 nitrogen and oxygen atoms in total. The van der Waals surface area contributed by atoms with Gasteiger partial charge in [0.1, 0.15) is 0 Å². The smallest absolute Gasteiger partial charge is 0.338 e. The first kappa shape index (κ1) is 21.4. The molecule has 1 heterocycles. The van der Waals surface area contributed by atoms with Gasteiger partial charge in [-0.15, -0.1) is 0 Å². The van der Waals surface area contributed by atoms with Crippen LogP contribution in [-0.4, -0.2) is 56.4 Å². The Bertz CT molecular complexity index is 972. The van der Waals surface area contributed by atoms with Gasteiger partial charge in [0.05, 0.1) is 17.1 Å². The standard InChI is InChI=1S/C20H22F2N2O4S/c1-2-28-20(25)16-4-6-17(7-5-16)29(26,27)24-11-9-23(10-12-24)14-15-3-8-18(21)19(22)13-15/h3-8,13H,2,9-12,14H2,1H3. The van der Waals surface area contributed by atoms with Crippen molar-refractivity contribution in [2.45, 2.75) is 18.4 Å². The van der Waals surface area contributed by atoms with Crippen LogP contribution in [0.2, 0.25) is 0 Å². The van der Waals surface area contributed by atoms with Crippen molar-refractivity contribution in [1.29, 1.82) is 0 Å². The number of halogens is 2. The summed E-state index contributed by atoms with van der Waals surface area (Å²) in [6, 6.07) is 9.43. The molecular weight excluding hydrogens is 402 g/mol. The van der Waals surface area contributed by atoms with Crippen molar-refractivity contribution in [1.82, 2.24) is 9.21 Å². The fourth-order valence-electron chi connectivity index (χ4n) is 3.15. The number of esters is 1. The Morgan fingerprint density at radius 3 is 2.24 bits per heavy atom. The lowest BCUT2D eigenvalue weighted by atomic mass is 10.2. The number of nitrogens with zero attached hydrogens (tertiary/aromatic N) is 2. The summed E-state index contributed by atoms with van der Waals surface area (Å²) in [5, 5.41) is 0. The first-order valence-corrected chi connectivity index (χ1v) is 10.7. The number of hydrogen-bond acceptors (Lipinski definition) is 5. The summed E-state index contributed by atoms with van der Waals surface area (Å²) in [6.07, 6.45) is 0. The van der Waals surface area contributed by atoms with E-state index < -0.39 is 27.6 Å². The number of carbonyl (C=O) groups excluding carboxylic acids is 1. The average Bonchev–Trinajstić information content (AvgIpc) is 2.71. The molecule has 1 aliphatic rings. The highest BCUT2D eigenvalue weighted by Gasteiger charge is 2.28. The molecule has 0 bridgehead atoms. The predicted octanol–water partition coefficient (Wildman–Crippen LogP) is 2.65. The van der Waals surface area contributed by atoms with E-state index in [-0.39, 0.29) is 24.6 Å². The largest absolute Gasteiger partial charge is 0.462 e. The van der Waals surface area contributed by atoms with Crippen molar-refractivity contribution in [3.05, 3.63) is 65.2 Å². The molecule has 3 rings (SSSR count). The van der Waals surface area contributed by atoms with Gasteiger partial charge in [0.15, 0.2) is 11.6 Å². The SMILES string of the molecule is CCOC(=O)c1ccc(S(=O)(=O)N2CCN(Cc3ccc(F)c(F)c3)CC2)cc1. The summed E-state index contributed by atoms with van der Waals surface area (Å²) in [5.74, 6) is -2.28. The Morgan fingerprint density at radius 2 is 1.66 bits per heavy atom. The van der Waals surface area contributed by atoms with E-state index in [2.05, 4.69) is 0 Å². The van der Waals surface area contributed by atoms with Gasteiger partial charge >= 0.3 is 5.97 Å². The molecule has 1 fully saturated rings. The molecule has 0 aliphatic carbocycles. The molecule has 0 N–H and O–H groups in total. The first-order chi connectivity index (χ1) is 13.8. The van der Waals surface area contributed by atoms with Crippen LogP contribution in [0.4, 0.5) is 8.78 Å². The van der Waals surface area contributed by atoms with E-state index in [1.807, 2.05) is 4.90 Å². The lowest BCUT2D eigenvalue weighted by molar-refractivity contribution is 0.0526. The van der Waals surface area contributed by atoms with Crippen LogP contribution in [0.15, 0.2) is 47.4 Å². The molecule has 156 valence electrons. The van der Waals surface area contributed by atoms with Crippen molar-refractivity contribution in [3.63, 3.8) is 0 Å². The molecule has 9 heteroatoms. The van der Waals surface area contributed by atoms with Crippen LogP contribution in [0.25, 0.3) is 0 Å². The van der Waals surface area contributed by atoms with E-state index in [9.17, 15) is 22.0 Å². The van der Waals surface area contributed by atoms with Gasteiger partial charge in [-0.3, -0.25) is 4.90 Å². The zero-order valence-electron chi connectivity index (χ0n) is 16.0. The van der Waals surface area contributed by atoms with E-state index in [4.69, 9.17) is 4.74 Å².